The van der Waals surface area contributed by atoms with E-state index < -0.39 is 9.84 Å². The number of aryl methyl sites for hydroxylation is 1. The molecule has 0 radical (unpaired) electrons. The highest BCUT2D eigenvalue weighted by Crippen LogP contribution is 2.37. The third-order valence-electron chi connectivity index (χ3n) is 5.66. The van der Waals surface area contributed by atoms with Crippen molar-refractivity contribution in [3.05, 3.63) is 77.9 Å². The largest absolute Gasteiger partial charge is 0.494 e. The predicted octanol–water partition coefficient (Wildman–Crippen LogP) is 5.26. The summed E-state index contributed by atoms with van der Waals surface area (Å²) in [5, 5.41) is 2.92. The van der Waals surface area contributed by atoms with Crippen LogP contribution in [0, 0.1) is 6.92 Å². The number of anilines is 1. The Labute approximate surface area is 209 Å². The Morgan fingerprint density at radius 1 is 0.944 bits per heavy atom. The monoisotopic (exact) mass is 506 g/mol. The van der Waals surface area contributed by atoms with Crippen LogP contribution in [0.2, 0.25) is 0 Å². The van der Waals surface area contributed by atoms with Crippen molar-refractivity contribution in [3.8, 4) is 28.7 Å². The van der Waals surface area contributed by atoms with E-state index in [1.54, 1.807) is 30.3 Å². The number of rotatable bonds is 8. The summed E-state index contributed by atoms with van der Waals surface area (Å²) in [5.74, 6) is 1.84. The van der Waals surface area contributed by atoms with Gasteiger partial charge in [0.1, 0.15) is 19.0 Å². The normalized spacial score (nSPS) is 12.8. The lowest BCUT2D eigenvalue weighted by molar-refractivity contribution is 0.171. The van der Waals surface area contributed by atoms with Gasteiger partial charge in [0.25, 0.3) is 0 Å². The van der Waals surface area contributed by atoms with Gasteiger partial charge >= 0.3 is 0 Å². The zero-order valence-corrected chi connectivity index (χ0v) is 20.8. The quantitative estimate of drug-likeness (QED) is 0.345. The van der Waals surface area contributed by atoms with Crippen LogP contribution >= 0.6 is 0 Å². The van der Waals surface area contributed by atoms with Crippen LogP contribution in [0.25, 0.3) is 11.5 Å². The van der Waals surface area contributed by atoms with Crippen LogP contribution in [0.4, 0.5) is 5.88 Å². The van der Waals surface area contributed by atoms with Crippen LogP contribution in [0.15, 0.2) is 81.1 Å². The van der Waals surface area contributed by atoms with Gasteiger partial charge in [-0.1, -0.05) is 29.8 Å². The van der Waals surface area contributed by atoms with Crippen LogP contribution in [-0.2, 0) is 16.4 Å². The number of hydrogen-bond donors (Lipinski definition) is 1. The molecule has 0 spiro atoms. The van der Waals surface area contributed by atoms with Crippen molar-refractivity contribution < 1.29 is 27.0 Å². The van der Waals surface area contributed by atoms with Crippen LogP contribution in [0.5, 0.6) is 17.2 Å². The zero-order valence-electron chi connectivity index (χ0n) is 20.0. The Hall–Kier alpha value is -3.98. The van der Waals surface area contributed by atoms with E-state index in [0.29, 0.717) is 49.2 Å². The maximum atomic E-state index is 13.7. The SMILES string of the molecule is CCOc1ccc(-c2nc(S(=O)(=O)c3ccc4c(c3)OCCO4)c(NCc3ccc(C)cc3)o2)cc1. The molecular formula is C27H26N2O6S. The second kappa shape index (κ2) is 9.94. The number of nitrogens with one attached hydrogen (secondary N) is 1. The molecule has 3 aromatic carbocycles. The van der Waals surface area contributed by atoms with E-state index in [1.165, 1.54) is 12.1 Å². The van der Waals surface area contributed by atoms with Crippen LogP contribution in [-0.4, -0.2) is 33.2 Å². The van der Waals surface area contributed by atoms with Gasteiger partial charge in [0.2, 0.25) is 26.6 Å². The van der Waals surface area contributed by atoms with E-state index in [1.807, 2.05) is 38.1 Å². The van der Waals surface area contributed by atoms with Gasteiger partial charge in [-0.15, -0.1) is 0 Å². The number of oxazole rings is 1. The van der Waals surface area contributed by atoms with E-state index in [-0.39, 0.29) is 21.7 Å². The summed E-state index contributed by atoms with van der Waals surface area (Å²) in [6, 6.07) is 19.6. The molecule has 0 unspecified atom stereocenters. The molecule has 186 valence electrons. The maximum absolute atomic E-state index is 13.7. The Morgan fingerprint density at radius 3 is 2.39 bits per heavy atom. The van der Waals surface area contributed by atoms with Crippen molar-refractivity contribution >= 4 is 15.7 Å². The molecular weight excluding hydrogens is 480 g/mol. The van der Waals surface area contributed by atoms with E-state index >= 15 is 0 Å². The fourth-order valence-corrected chi connectivity index (χ4v) is 5.07. The summed E-state index contributed by atoms with van der Waals surface area (Å²) in [5.41, 5.74) is 2.74. The van der Waals surface area contributed by atoms with Gasteiger partial charge in [0, 0.05) is 18.2 Å². The first-order chi connectivity index (χ1) is 17.4. The Kier molecular flexibility index (Phi) is 6.56. The van der Waals surface area contributed by atoms with Crippen LogP contribution in [0.3, 0.4) is 0 Å². The maximum Gasteiger partial charge on any atom is 0.234 e. The fourth-order valence-electron chi connectivity index (χ4n) is 3.77. The minimum absolute atomic E-state index is 0.0386. The first-order valence-corrected chi connectivity index (χ1v) is 13.1. The molecule has 0 atom stereocenters. The van der Waals surface area contributed by atoms with Gasteiger partial charge < -0.3 is 23.9 Å². The molecule has 5 rings (SSSR count). The summed E-state index contributed by atoms with van der Waals surface area (Å²) in [7, 11) is -4.05. The average molecular weight is 507 g/mol. The van der Waals surface area contributed by atoms with Crippen molar-refractivity contribution in [3.63, 3.8) is 0 Å². The molecule has 0 saturated carbocycles. The molecule has 0 amide bonds. The van der Waals surface area contributed by atoms with Crippen molar-refractivity contribution in [1.29, 1.82) is 0 Å². The van der Waals surface area contributed by atoms with E-state index in [4.69, 9.17) is 18.6 Å². The molecule has 0 saturated heterocycles. The van der Waals surface area contributed by atoms with Gasteiger partial charge in [-0.25, -0.2) is 8.42 Å². The lowest BCUT2D eigenvalue weighted by Crippen LogP contribution is -2.16. The Morgan fingerprint density at radius 2 is 1.67 bits per heavy atom. The third-order valence-corrected chi connectivity index (χ3v) is 7.32. The van der Waals surface area contributed by atoms with Crippen molar-refractivity contribution in [2.45, 2.75) is 30.3 Å². The lowest BCUT2D eigenvalue weighted by Gasteiger charge is -2.18. The summed E-state index contributed by atoms with van der Waals surface area (Å²) < 4.78 is 50.0. The molecule has 0 fully saturated rings. The molecule has 2 heterocycles. The van der Waals surface area contributed by atoms with E-state index in [0.717, 1.165) is 11.1 Å². The Balaban J connectivity index is 1.52. The molecule has 0 bridgehead atoms. The number of ether oxygens (including phenoxy) is 3. The molecule has 4 aromatic rings. The molecule has 8 nitrogen and oxygen atoms in total. The smallest absolute Gasteiger partial charge is 0.234 e. The number of fused-ring (bicyclic) bond motifs is 1. The number of aromatic nitrogens is 1. The Bertz CT molecular complexity index is 1460. The van der Waals surface area contributed by atoms with Crippen molar-refractivity contribution in [2.75, 3.05) is 25.1 Å². The van der Waals surface area contributed by atoms with Gasteiger partial charge in [-0.2, -0.15) is 4.98 Å². The summed E-state index contributed by atoms with van der Waals surface area (Å²) >= 11 is 0. The van der Waals surface area contributed by atoms with Crippen molar-refractivity contribution in [1.82, 2.24) is 4.98 Å². The molecule has 1 aliphatic heterocycles. The summed E-state index contributed by atoms with van der Waals surface area (Å²) in [6.07, 6.45) is 0. The molecule has 1 N–H and O–H groups in total. The first-order valence-electron chi connectivity index (χ1n) is 11.6. The van der Waals surface area contributed by atoms with Gasteiger partial charge in [-0.05, 0) is 55.8 Å². The minimum atomic E-state index is -4.05. The van der Waals surface area contributed by atoms with Crippen LogP contribution in [0.1, 0.15) is 18.1 Å². The van der Waals surface area contributed by atoms with Gasteiger partial charge in [0.15, 0.2) is 11.5 Å². The number of benzene rings is 3. The second-order valence-corrected chi connectivity index (χ2v) is 10.1. The average Bonchev–Trinajstić information content (AvgIpc) is 3.34. The molecule has 9 heteroatoms. The molecule has 1 aromatic heterocycles. The standard InChI is InChI=1S/C27H26N2O6S/c1-3-32-21-10-8-20(9-11-21)25-29-27(26(35-25)28-17-19-6-4-18(2)5-7-19)36(30,31)22-12-13-23-24(16-22)34-15-14-33-23/h4-13,16,28H,3,14-15,17H2,1-2H3. The highest BCUT2D eigenvalue weighted by molar-refractivity contribution is 7.91. The summed E-state index contributed by atoms with van der Waals surface area (Å²) in [4.78, 5) is 4.45. The topological polar surface area (TPSA) is 99.9 Å². The molecule has 36 heavy (non-hydrogen) atoms. The summed E-state index contributed by atoms with van der Waals surface area (Å²) in [6.45, 7) is 5.59. The number of nitrogens with zero attached hydrogens (tertiary/aromatic N) is 1. The van der Waals surface area contributed by atoms with Crippen LogP contribution < -0.4 is 19.5 Å². The number of hydrogen-bond acceptors (Lipinski definition) is 8. The zero-order chi connectivity index (χ0) is 25.1. The highest BCUT2D eigenvalue weighted by atomic mass is 32.2. The first kappa shape index (κ1) is 23.7. The molecule has 1 aliphatic rings. The van der Waals surface area contributed by atoms with Gasteiger partial charge in [-0.3, -0.25) is 0 Å². The number of sulfone groups is 1. The predicted molar refractivity (Wildman–Crippen MR) is 134 cm³/mol. The third kappa shape index (κ3) is 4.87. The molecule has 0 aliphatic carbocycles. The highest BCUT2D eigenvalue weighted by Gasteiger charge is 2.30. The van der Waals surface area contributed by atoms with E-state index in [9.17, 15) is 8.42 Å². The lowest BCUT2D eigenvalue weighted by atomic mass is 10.1. The second-order valence-electron chi connectivity index (χ2n) is 8.26. The fraction of sp³-hybridized carbons (Fsp3) is 0.222. The van der Waals surface area contributed by atoms with E-state index in [2.05, 4.69) is 10.3 Å². The minimum Gasteiger partial charge on any atom is -0.494 e. The van der Waals surface area contributed by atoms with Crippen molar-refractivity contribution in [2.24, 2.45) is 0 Å². The van der Waals surface area contributed by atoms with Gasteiger partial charge in [0.05, 0.1) is 11.5 Å².